The number of nitrogens with zero attached hydrogens (tertiary/aromatic N) is 1. The Morgan fingerprint density at radius 1 is 0.806 bits per heavy atom. The predicted molar refractivity (Wildman–Crippen MR) is 133 cm³/mol. The van der Waals surface area contributed by atoms with Gasteiger partial charge in [0.15, 0.2) is 0 Å². The Bertz CT molecular complexity index is 1080. The summed E-state index contributed by atoms with van der Waals surface area (Å²) in [4.78, 5) is 3.78. The summed E-state index contributed by atoms with van der Waals surface area (Å²) in [6, 6.07) is 18.0. The number of anilines is 1. The van der Waals surface area contributed by atoms with E-state index in [0.717, 1.165) is 0 Å². The number of rotatable bonds is 4. The van der Waals surface area contributed by atoms with Crippen molar-refractivity contribution in [2.75, 3.05) is 19.0 Å². The van der Waals surface area contributed by atoms with Gasteiger partial charge in [0.2, 0.25) is 0 Å². The monoisotopic (exact) mass is 411 g/mol. The summed E-state index contributed by atoms with van der Waals surface area (Å²) in [7, 11) is 4.43. The number of nitrogens with one attached hydrogen (secondary N) is 1. The molecule has 0 bridgehead atoms. The van der Waals surface area contributed by atoms with Crippen LogP contribution in [0.3, 0.4) is 0 Å². The third-order valence-electron chi connectivity index (χ3n) is 7.23. The van der Waals surface area contributed by atoms with Crippen molar-refractivity contribution in [3.05, 3.63) is 108 Å². The van der Waals surface area contributed by atoms with E-state index in [1.165, 1.54) is 33.1 Å². The fourth-order valence-electron chi connectivity index (χ4n) is 5.47. The molecule has 0 saturated carbocycles. The normalized spacial score (nSPS) is 25.2. The molecule has 0 radical (unpaired) electrons. The molecular formula is C29H35N2+. The third-order valence-corrected chi connectivity index (χ3v) is 7.23. The van der Waals surface area contributed by atoms with Crippen molar-refractivity contribution in [2.24, 2.45) is 0 Å². The van der Waals surface area contributed by atoms with Crippen molar-refractivity contribution in [3.63, 3.8) is 0 Å². The standard InChI is InChI=1S/C29H34N2/c1-28(2)22-16-12-14-18-24(22)30(5)26(28)20-10-8-7-9-11-21-27-29(3,4)23-17-13-15-19-25(23)31(27)6/h7-21,26H,1-6H3/p+1/b8-7+,11-9+,20-10+,27-21-. The lowest BCUT2D eigenvalue weighted by molar-refractivity contribution is -0.828. The summed E-state index contributed by atoms with van der Waals surface area (Å²) in [5, 5.41) is 0. The van der Waals surface area contributed by atoms with Gasteiger partial charge in [0.1, 0.15) is 11.7 Å². The quantitative estimate of drug-likeness (QED) is 0.655. The first-order chi connectivity index (χ1) is 14.8. The van der Waals surface area contributed by atoms with E-state index < -0.39 is 0 Å². The molecule has 2 heteroatoms. The van der Waals surface area contributed by atoms with Crippen LogP contribution in [0.2, 0.25) is 0 Å². The smallest absolute Gasteiger partial charge is 0.135 e. The second-order valence-electron chi connectivity index (χ2n) is 9.84. The molecule has 2 aromatic rings. The minimum absolute atomic E-state index is 0.0235. The van der Waals surface area contributed by atoms with Gasteiger partial charge in [0.25, 0.3) is 0 Å². The van der Waals surface area contributed by atoms with Gasteiger partial charge in [0, 0.05) is 29.4 Å². The Morgan fingerprint density at radius 3 is 2.13 bits per heavy atom. The highest BCUT2D eigenvalue weighted by Gasteiger charge is 2.45. The Balaban J connectivity index is 1.43. The van der Waals surface area contributed by atoms with E-state index in [9.17, 15) is 0 Å². The van der Waals surface area contributed by atoms with Gasteiger partial charge >= 0.3 is 0 Å². The third kappa shape index (κ3) is 3.59. The highest BCUT2D eigenvalue weighted by Crippen LogP contribution is 2.46. The van der Waals surface area contributed by atoms with Gasteiger partial charge in [0.05, 0.1) is 12.5 Å². The molecule has 0 fully saturated rings. The molecule has 160 valence electrons. The number of hydrogen-bond acceptors (Lipinski definition) is 1. The number of fused-ring (bicyclic) bond motifs is 2. The van der Waals surface area contributed by atoms with Crippen LogP contribution in [0.5, 0.6) is 0 Å². The fourth-order valence-corrected chi connectivity index (χ4v) is 5.47. The van der Waals surface area contributed by atoms with Crippen LogP contribution >= 0.6 is 0 Å². The molecule has 0 amide bonds. The van der Waals surface area contributed by atoms with E-state index in [0.29, 0.717) is 6.04 Å². The summed E-state index contributed by atoms with van der Waals surface area (Å²) in [5.41, 5.74) is 7.06. The Hall–Kier alpha value is -2.84. The first kappa shape index (κ1) is 21.4. The van der Waals surface area contributed by atoms with E-state index in [1.807, 2.05) is 0 Å². The second kappa shape index (κ2) is 8.01. The lowest BCUT2D eigenvalue weighted by Crippen LogP contribution is -3.07. The number of para-hydroxylation sites is 2. The molecule has 0 aliphatic carbocycles. The summed E-state index contributed by atoms with van der Waals surface area (Å²) in [6.07, 6.45) is 15.3. The van der Waals surface area contributed by atoms with Crippen molar-refractivity contribution in [1.82, 2.24) is 0 Å². The topological polar surface area (TPSA) is 7.68 Å². The first-order valence-electron chi connectivity index (χ1n) is 11.2. The Kier molecular flexibility index (Phi) is 5.53. The van der Waals surface area contributed by atoms with Crippen LogP contribution in [0, 0.1) is 0 Å². The molecule has 31 heavy (non-hydrogen) atoms. The zero-order valence-electron chi connectivity index (χ0n) is 19.7. The van der Waals surface area contributed by atoms with E-state index in [4.69, 9.17) is 0 Å². The zero-order chi connectivity index (χ0) is 22.2. The van der Waals surface area contributed by atoms with Crippen molar-refractivity contribution >= 4 is 11.4 Å². The maximum Gasteiger partial charge on any atom is 0.135 e. The maximum atomic E-state index is 2.35. The van der Waals surface area contributed by atoms with Crippen LogP contribution in [0.1, 0.15) is 38.8 Å². The SMILES string of the molecule is CN1\C(=C/C=C/C=C/C=C/C2[NH+](C)c3ccccc3C2(C)C)C(C)(C)c2ccccc21. The van der Waals surface area contributed by atoms with Crippen molar-refractivity contribution in [2.45, 2.75) is 44.6 Å². The van der Waals surface area contributed by atoms with Crippen LogP contribution in [-0.2, 0) is 10.8 Å². The molecule has 2 heterocycles. The van der Waals surface area contributed by atoms with E-state index >= 15 is 0 Å². The zero-order valence-corrected chi connectivity index (χ0v) is 19.7. The molecule has 4 rings (SSSR count). The van der Waals surface area contributed by atoms with E-state index in [2.05, 4.69) is 138 Å². The van der Waals surface area contributed by atoms with Gasteiger partial charge in [-0.3, -0.25) is 4.90 Å². The second-order valence-corrected chi connectivity index (χ2v) is 9.84. The van der Waals surface area contributed by atoms with E-state index in [1.54, 1.807) is 0 Å². The molecule has 0 spiro atoms. The van der Waals surface area contributed by atoms with Crippen LogP contribution in [0.15, 0.2) is 96.8 Å². The van der Waals surface area contributed by atoms with Crippen molar-refractivity contribution < 1.29 is 4.90 Å². The minimum Gasteiger partial charge on any atom is -0.347 e. The summed E-state index contributed by atoms with van der Waals surface area (Å²) >= 11 is 0. The summed E-state index contributed by atoms with van der Waals surface area (Å²) < 4.78 is 0. The molecule has 2 nitrogen and oxygen atoms in total. The van der Waals surface area contributed by atoms with Crippen LogP contribution in [0.4, 0.5) is 11.4 Å². The minimum atomic E-state index is 0.0235. The molecule has 1 N–H and O–H groups in total. The predicted octanol–water partition coefficient (Wildman–Crippen LogP) is 5.47. The van der Waals surface area contributed by atoms with Crippen molar-refractivity contribution in [3.8, 4) is 0 Å². The van der Waals surface area contributed by atoms with Gasteiger partial charge in [-0.2, -0.15) is 0 Å². The highest BCUT2D eigenvalue weighted by atomic mass is 15.2. The van der Waals surface area contributed by atoms with Crippen LogP contribution < -0.4 is 9.80 Å². The number of benzene rings is 2. The lowest BCUT2D eigenvalue weighted by Gasteiger charge is -2.25. The molecule has 2 unspecified atom stereocenters. The molecule has 2 aliphatic rings. The van der Waals surface area contributed by atoms with Crippen LogP contribution in [-0.4, -0.2) is 20.1 Å². The summed E-state index contributed by atoms with van der Waals surface area (Å²) in [6.45, 7) is 9.30. The Morgan fingerprint density at radius 2 is 1.42 bits per heavy atom. The average molecular weight is 412 g/mol. The largest absolute Gasteiger partial charge is 0.347 e. The summed E-state index contributed by atoms with van der Waals surface area (Å²) in [5.74, 6) is 0. The molecule has 0 saturated heterocycles. The molecule has 2 aliphatic heterocycles. The average Bonchev–Trinajstić information content (AvgIpc) is 3.07. The van der Waals surface area contributed by atoms with Crippen molar-refractivity contribution in [1.29, 1.82) is 0 Å². The van der Waals surface area contributed by atoms with Crippen LogP contribution in [0.25, 0.3) is 0 Å². The first-order valence-corrected chi connectivity index (χ1v) is 11.2. The number of allylic oxidation sites excluding steroid dienone is 7. The maximum absolute atomic E-state index is 2.35. The fraction of sp³-hybridized carbons (Fsp3) is 0.310. The Labute approximate surface area is 187 Å². The number of likely N-dealkylation sites (N-methyl/N-ethyl adjacent to an activating group) is 2. The van der Waals surface area contributed by atoms with Gasteiger partial charge in [-0.1, -0.05) is 80.6 Å². The lowest BCUT2D eigenvalue weighted by atomic mass is 9.80. The number of hydrogen-bond donors (Lipinski definition) is 1. The molecule has 2 atom stereocenters. The van der Waals surface area contributed by atoms with Gasteiger partial charge in [-0.05, 0) is 43.7 Å². The molecular weight excluding hydrogens is 376 g/mol. The van der Waals surface area contributed by atoms with Gasteiger partial charge in [-0.15, -0.1) is 0 Å². The number of quaternary nitrogens is 1. The van der Waals surface area contributed by atoms with Gasteiger partial charge < -0.3 is 4.90 Å². The molecule has 0 aromatic heterocycles. The highest BCUT2D eigenvalue weighted by molar-refractivity contribution is 5.70. The van der Waals surface area contributed by atoms with Gasteiger partial charge in [-0.25, -0.2) is 0 Å². The molecule has 2 aromatic carbocycles. The van der Waals surface area contributed by atoms with E-state index in [-0.39, 0.29) is 10.8 Å².